The van der Waals surface area contributed by atoms with Gasteiger partial charge in [-0.25, -0.2) is 4.98 Å². The van der Waals surface area contributed by atoms with Crippen LogP contribution in [0.4, 0.5) is 22.9 Å². The molecule has 2 aliphatic heterocycles. The molecular formula is C29H25N3. The monoisotopic (exact) mass is 415 g/mol. The van der Waals surface area contributed by atoms with E-state index < -0.39 is 0 Å². The zero-order valence-electron chi connectivity index (χ0n) is 18.1. The highest BCUT2D eigenvalue weighted by Gasteiger charge is 2.48. The van der Waals surface area contributed by atoms with Gasteiger partial charge in [0.15, 0.2) is 5.82 Å². The average molecular weight is 416 g/mol. The fourth-order valence-electron chi connectivity index (χ4n) is 5.49. The maximum Gasteiger partial charge on any atom is 0.158 e. The zero-order valence-corrected chi connectivity index (χ0v) is 18.1. The molecule has 0 aliphatic carbocycles. The molecule has 0 radical (unpaired) electrons. The fourth-order valence-corrected chi connectivity index (χ4v) is 5.49. The standard InChI is InChI=1S/C29H25N3/c1-3-22-20(2)29-31(25-16-9-7-14-23(25)21-12-5-4-6-13-21)27-18-11-19-30-28(27)32(29)26-17-10-8-15-24(22)26/h3-20,22,29H,1H2,2H3. The van der Waals surface area contributed by atoms with Gasteiger partial charge >= 0.3 is 0 Å². The molecule has 3 aromatic carbocycles. The molecule has 0 amide bonds. The van der Waals surface area contributed by atoms with Crippen LogP contribution in [-0.2, 0) is 0 Å². The smallest absolute Gasteiger partial charge is 0.158 e. The molecule has 156 valence electrons. The summed E-state index contributed by atoms with van der Waals surface area (Å²) in [5, 5.41) is 0. The highest BCUT2D eigenvalue weighted by atomic mass is 15.5. The third kappa shape index (κ3) is 2.64. The second-order valence-corrected chi connectivity index (χ2v) is 8.56. The number of nitrogens with zero attached hydrogens (tertiary/aromatic N) is 3. The van der Waals surface area contributed by atoms with E-state index in [1.165, 1.54) is 28.1 Å². The molecule has 32 heavy (non-hydrogen) atoms. The maximum absolute atomic E-state index is 4.86. The van der Waals surface area contributed by atoms with Crippen molar-refractivity contribution in [2.45, 2.75) is 19.0 Å². The summed E-state index contributed by atoms with van der Waals surface area (Å²) in [5.41, 5.74) is 7.34. The second kappa shape index (κ2) is 7.38. The van der Waals surface area contributed by atoms with Gasteiger partial charge in [0.2, 0.25) is 0 Å². The summed E-state index contributed by atoms with van der Waals surface area (Å²) >= 11 is 0. The number of aromatic nitrogens is 1. The van der Waals surface area contributed by atoms with Crippen LogP contribution in [0.15, 0.2) is 110 Å². The van der Waals surface area contributed by atoms with E-state index in [0.717, 1.165) is 11.5 Å². The number of pyridine rings is 1. The molecule has 0 bridgehead atoms. The van der Waals surface area contributed by atoms with E-state index in [1.807, 2.05) is 12.3 Å². The van der Waals surface area contributed by atoms with E-state index in [0.29, 0.717) is 5.92 Å². The lowest BCUT2D eigenvalue weighted by molar-refractivity contribution is 0.409. The van der Waals surface area contributed by atoms with Gasteiger partial charge in [-0.3, -0.25) is 0 Å². The number of benzene rings is 3. The number of anilines is 4. The lowest BCUT2D eigenvalue weighted by Gasteiger charge is -2.45. The molecule has 3 atom stereocenters. The number of rotatable bonds is 3. The van der Waals surface area contributed by atoms with Crippen molar-refractivity contribution in [3.63, 3.8) is 0 Å². The Bertz CT molecular complexity index is 1300. The summed E-state index contributed by atoms with van der Waals surface area (Å²) < 4.78 is 0. The first kappa shape index (κ1) is 18.9. The van der Waals surface area contributed by atoms with Crippen molar-refractivity contribution in [2.24, 2.45) is 5.92 Å². The van der Waals surface area contributed by atoms with Crippen molar-refractivity contribution in [3.8, 4) is 11.1 Å². The molecular weight excluding hydrogens is 390 g/mol. The minimum atomic E-state index is 0.114. The molecule has 0 N–H and O–H groups in total. The number of hydrogen-bond acceptors (Lipinski definition) is 3. The minimum Gasteiger partial charge on any atom is -0.316 e. The summed E-state index contributed by atoms with van der Waals surface area (Å²) in [5.74, 6) is 1.61. The van der Waals surface area contributed by atoms with Crippen LogP contribution < -0.4 is 9.80 Å². The summed E-state index contributed by atoms with van der Waals surface area (Å²) in [6.07, 6.45) is 4.12. The van der Waals surface area contributed by atoms with Crippen molar-refractivity contribution in [1.29, 1.82) is 0 Å². The van der Waals surface area contributed by atoms with Gasteiger partial charge in [0.05, 0.1) is 11.4 Å². The van der Waals surface area contributed by atoms with Crippen molar-refractivity contribution >= 4 is 22.9 Å². The van der Waals surface area contributed by atoms with Crippen LogP contribution in [-0.4, -0.2) is 11.1 Å². The fraction of sp³-hybridized carbons (Fsp3) is 0.138. The first-order chi connectivity index (χ1) is 15.8. The molecule has 2 aliphatic rings. The summed E-state index contributed by atoms with van der Waals surface area (Å²) in [6.45, 7) is 6.54. The predicted octanol–water partition coefficient (Wildman–Crippen LogP) is 7.28. The lowest BCUT2D eigenvalue weighted by atomic mass is 9.80. The normalized spacial score (nSPS) is 21.0. The zero-order chi connectivity index (χ0) is 21.7. The van der Waals surface area contributed by atoms with Crippen LogP contribution >= 0.6 is 0 Å². The third-order valence-corrected chi connectivity index (χ3v) is 6.88. The van der Waals surface area contributed by atoms with Crippen LogP contribution in [0.1, 0.15) is 18.4 Å². The van der Waals surface area contributed by atoms with E-state index in [-0.39, 0.29) is 12.1 Å². The number of fused-ring (bicyclic) bond motifs is 5. The first-order valence-electron chi connectivity index (χ1n) is 11.2. The highest BCUT2D eigenvalue weighted by molar-refractivity contribution is 5.92. The van der Waals surface area contributed by atoms with E-state index in [4.69, 9.17) is 4.98 Å². The maximum atomic E-state index is 4.86. The first-order valence-corrected chi connectivity index (χ1v) is 11.2. The Labute approximate surface area is 189 Å². The van der Waals surface area contributed by atoms with Crippen molar-refractivity contribution in [3.05, 3.63) is 115 Å². The Balaban J connectivity index is 1.61. The lowest BCUT2D eigenvalue weighted by Crippen LogP contribution is -2.48. The van der Waals surface area contributed by atoms with Gasteiger partial charge in [-0.15, -0.1) is 6.58 Å². The van der Waals surface area contributed by atoms with Gasteiger partial charge in [0, 0.05) is 29.3 Å². The van der Waals surface area contributed by atoms with Crippen LogP contribution in [0.5, 0.6) is 0 Å². The van der Waals surface area contributed by atoms with Crippen LogP contribution in [0.3, 0.4) is 0 Å². The van der Waals surface area contributed by atoms with Gasteiger partial charge in [0.25, 0.3) is 0 Å². The van der Waals surface area contributed by atoms with E-state index in [2.05, 4.69) is 114 Å². The molecule has 3 unspecified atom stereocenters. The minimum absolute atomic E-state index is 0.114. The van der Waals surface area contributed by atoms with Gasteiger partial charge in [-0.05, 0) is 35.4 Å². The molecule has 3 heteroatoms. The molecule has 3 heterocycles. The SMILES string of the molecule is C=CC1c2ccccc2N2c3ncccc3N(c3ccccc3-c3ccccc3)C2C1C. The van der Waals surface area contributed by atoms with Crippen molar-refractivity contribution in [1.82, 2.24) is 4.98 Å². The van der Waals surface area contributed by atoms with Gasteiger partial charge in [0.1, 0.15) is 6.17 Å². The van der Waals surface area contributed by atoms with E-state index in [1.54, 1.807) is 0 Å². The molecule has 3 nitrogen and oxygen atoms in total. The summed E-state index contributed by atoms with van der Waals surface area (Å²) in [6, 6.07) is 32.3. The Morgan fingerprint density at radius 1 is 0.750 bits per heavy atom. The quantitative estimate of drug-likeness (QED) is 0.328. The molecule has 1 aromatic heterocycles. The predicted molar refractivity (Wildman–Crippen MR) is 133 cm³/mol. The van der Waals surface area contributed by atoms with Gasteiger partial charge < -0.3 is 9.80 Å². The molecule has 0 saturated heterocycles. The Morgan fingerprint density at radius 2 is 1.44 bits per heavy atom. The molecule has 0 spiro atoms. The van der Waals surface area contributed by atoms with Crippen LogP contribution in [0.2, 0.25) is 0 Å². The summed E-state index contributed by atoms with van der Waals surface area (Å²) in [7, 11) is 0. The van der Waals surface area contributed by atoms with Crippen molar-refractivity contribution < 1.29 is 0 Å². The Hall–Kier alpha value is -3.85. The highest BCUT2D eigenvalue weighted by Crippen LogP contribution is 2.56. The van der Waals surface area contributed by atoms with E-state index in [9.17, 15) is 0 Å². The van der Waals surface area contributed by atoms with Gasteiger partial charge in [-0.1, -0.05) is 79.7 Å². The number of hydrogen-bond donors (Lipinski definition) is 0. The Kier molecular flexibility index (Phi) is 4.36. The van der Waals surface area contributed by atoms with Crippen molar-refractivity contribution in [2.75, 3.05) is 9.80 Å². The number of para-hydroxylation sites is 2. The number of allylic oxidation sites excluding steroid dienone is 1. The van der Waals surface area contributed by atoms with Gasteiger partial charge in [-0.2, -0.15) is 0 Å². The van der Waals surface area contributed by atoms with Crippen LogP contribution in [0, 0.1) is 5.92 Å². The topological polar surface area (TPSA) is 19.4 Å². The second-order valence-electron chi connectivity index (χ2n) is 8.56. The third-order valence-electron chi connectivity index (χ3n) is 6.88. The average Bonchev–Trinajstić information content (AvgIpc) is 3.21. The summed E-state index contributed by atoms with van der Waals surface area (Å²) in [4.78, 5) is 9.78. The van der Waals surface area contributed by atoms with Crippen LogP contribution in [0.25, 0.3) is 11.1 Å². The van der Waals surface area contributed by atoms with E-state index >= 15 is 0 Å². The molecule has 0 saturated carbocycles. The molecule has 6 rings (SSSR count). The largest absolute Gasteiger partial charge is 0.316 e. The molecule has 4 aromatic rings. The Morgan fingerprint density at radius 3 is 2.25 bits per heavy atom. The molecule has 0 fully saturated rings.